The molecule has 2 fully saturated rings. The summed E-state index contributed by atoms with van der Waals surface area (Å²) >= 11 is 0. The second-order valence-corrected chi connectivity index (χ2v) is 5.60. The Morgan fingerprint density at radius 2 is 2.12 bits per heavy atom. The maximum atomic E-state index is 12.1. The summed E-state index contributed by atoms with van der Waals surface area (Å²) in [7, 11) is 0. The Morgan fingerprint density at radius 1 is 1.38 bits per heavy atom. The van der Waals surface area contributed by atoms with Gasteiger partial charge >= 0.3 is 0 Å². The van der Waals surface area contributed by atoms with E-state index in [1.807, 2.05) is 0 Å². The van der Waals surface area contributed by atoms with Gasteiger partial charge in [0.1, 0.15) is 0 Å². The summed E-state index contributed by atoms with van der Waals surface area (Å²) in [5, 5.41) is 0. The minimum absolute atomic E-state index is 0.351. The van der Waals surface area contributed by atoms with Gasteiger partial charge in [-0.15, -0.1) is 0 Å². The standard InChI is InChI=1S/C13H23NO2/c1-10(2)7-13(15)14(12-3-4-12)8-11-5-6-16-9-11/h10-12H,3-9H2,1-2H3. The Bertz CT molecular complexity index is 242. The maximum Gasteiger partial charge on any atom is 0.223 e. The van der Waals surface area contributed by atoms with Gasteiger partial charge in [0, 0.05) is 31.5 Å². The molecule has 0 aromatic heterocycles. The van der Waals surface area contributed by atoms with Crippen LogP contribution in [0.5, 0.6) is 0 Å². The second kappa shape index (κ2) is 5.17. The molecular formula is C13H23NO2. The molecule has 0 N–H and O–H groups in total. The van der Waals surface area contributed by atoms with Gasteiger partial charge in [-0.05, 0) is 25.2 Å². The number of carbonyl (C=O) groups excluding carboxylic acids is 1. The number of rotatable bonds is 5. The predicted molar refractivity (Wildman–Crippen MR) is 63.1 cm³/mol. The Kier molecular flexibility index (Phi) is 3.85. The Hall–Kier alpha value is -0.570. The molecule has 0 aromatic carbocycles. The molecule has 1 saturated carbocycles. The van der Waals surface area contributed by atoms with Crippen molar-refractivity contribution in [2.75, 3.05) is 19.8 Å². The molecule has 1 heterocycles. The summed E-state index contributed by atoms with van der Waals surface area (Å²) in [6, 6.07) is 0.548. The first-order valence-corrected chi connectivity index (χ1v) is 6.54. The van der Waals surface area contributed by atoms with E-state index in [2.05, 4.69) is 18.7 Å². The van der Waals surface area contributed by atoms with Gasteiger partial charge in [-0.3, -0.25) is 4.79 Å². The van der Waals surface area contributed by atoms with Crippen LogP contribution in [0.3, 0.4) is 0 Å². The van der Waals surface area contributed by atoms with Crippen LogP contribution < -0.4 is 0 Å². The third-order valence-electron chi connectivity index (χ3n) is 3.37. The number of carbonyl (C=O) groups is 1. The zero-order valence-electron chi connectivity index (χ0n) is 10.4. The SMILES string of the molecule is CC(C)CC(=O)N(CC1CCOC1)C1CC1. The molecular weight excluding hydrogens is 202 g/mol. The molecule has 0 bridgehead atoms. The number of nitrogens with zero attached hydrogens (tertiary/aromatic N) is 1. The van der Waals surface area contributed by atoms with E-state index in [1.165, 1.54) is 12.8 Å². The monoisotopic (exact) mass is 225 g/mol. The molecule has 1 unspecified atom stereocenters. The molecule has 0 spiro atoms. The van der Waals surface area contributed by atoms with Crippen LogP contribution in [0.2, 0.25) is 0 Å². The maximum absolute atomic E-state index is 12.1. The first-order chi connectivity index (χ1) is 7.66. The van der Waals surface area contributed by atoms with Crippen molar-refractivity contribution in [2.24, 2.45) is 11.8 Å². The van der Waals surface area contributed by atoms with Gasteiger partial charge in [-0.2, -0.15) is 0 Å². The minimum atomic E-state index is 0.351. The Morgan fingerprint density at radius 3 is 2.62 bits per heavy atom. The molecule has 16 heavy (non-hydrogen) atoms. The summed E-state index contributed by atoms with van der Waals surface area (Å²) < 4.78 is 5.38. The van der Waals surface area contributed by atoms with E-state index in [0.29, 0.717) is 30.2 Å². The third-order valence-corrected chi connectivity index (χ3v) is 3.37. The molecule has 1 aliphatic heterocycles. The first-order valence-electron chi connectivity index (χ1n) is 6.54. The summed E-state index contributed by atoms with van der Waals surface area (Å²) in [5.74, 6) is 1.40. The van der Waals surface area contributed by atoms with E-state index in [-0.39, 0.29) is 0 Å². The van der Waals surface area contributed by atoms with E-state index in [9.17, 15) is 4.79 Å². The fourth-order valence-electron chi connectivity index (χ4n) is 2.31. The molecule has 2 aliphatic rings. The highest BCUT2D eigenvalue weighted by atomic mass is 16.5. The molecule has 0 aromatic rings. The summed E-state index contributed by atoms with van der Waals surface area (Å²) in [6.07, 6.45) is 4.23. The van der Waals surface area contributed by atoms with Crippen LogP contribution in [0.25, 0.3) is 0 Å². The van der Waals surface area contributed by atoms with Crippen LogP contribution >= 0.6 is 0 Å². The van der Waals surface area contributed by atoms with Crippen LogP contribution in [0.4, 0.5) is 0 Å². The largest absolute Gasteiger partial charge is 0.381 e. The number of amides is 1. The molecule has 3 heteroatoms. The van der Waals surface area contributed by atoms with Crippen molar-refractivity contribution in [1.29, 1.82) is 0 Å². The van der Waals surface area contributed by atoms with Crippen molar-refractivity contribution < 1.29 is 9.53 Å². The second-order valence-electron chi connectivity index (χ2n) is 5.60. The van der Waals surface area contributed by atoms with Crippen LogP contribution in [0.15, 0.2) is 0 Å². The lowest BCUT2D eigenvalue weighted by atomic mass is 10.1. The van der Waals surface area contributed by atoms with Crippen molar-refractivity contribution >= 4 is 5.91 Å². The molecule has 0 radical (unpaired) electrons. The normalized spacial score (nSPS) is 25.1. The van der Waals surface area contributed by atoms with Gasteiger partial charge in [0.05, 0.1) is 6.61 Å². The summed E-state index contributed by atoms with van der Waals surface area (Å²) in [5.41, 5.74) is 0. The van der Waals surface area contributed by atoms with Crippen LogP contribution in [0.1, 0.15) is 39.5 Å². The number of hydrogen-bond acceptors (Lipinski definition) is 2. The van der Waals surface area contributed by atoms with Gasteiger partial charge in [0.25, 0.3) is 0 Å². The van der Waals surface area contributed by atoms with Gasteiger partial charge < -0.3 is 9.64 Å². The van der Waals surface area contributed by atoms with Gasteiger partial charge in [-0.25, -0.2) is 0 Å². The minimum Gasteiger partial charge on any atom is -0.381 e. The molecule has 2 rings (SSSR count). The predicted octanol–water partition coefficient (Wildman–Crippen LogP) is 2.06. The smallest absolute Gasteiger partial charge is 0.223 e. The zero-order valence-corrected chi connectivity index (χ0v) is 10.4. The third kappa shape index (κ3) is 3.21. The van der Waals surface area contributed by atoms with Crippen LogP contribution in [-0.4, -0.2) is 36.6 Å². The highest BCUT2D eigenvalue weighted by Crippen LogP contribution is 2.30. The van der Waals surface area contributed by atoms with Crippen molar-refractivity contribution in [2.45, 2.75) is 45.6 Å². The van der Waals surface area contributed by atoms with Crippen LogP contribution in [-0.2, 0) is 9.53 Å². The highest BCUT2D eigenvalue weighted by molar-refractivity contribution is 5.77. The quantitative estimate of drug-likeness (QED) is 0.717. The van der Waals surface area contributed by atoms with Gasteiger partial charge in [-0.1, -0.05) is 13.8 Å². The van der Waals surface area contributed by atoms with E-state index in [0.717, 1.165) is 26.2 Å². The Labute approximate surface area is 98.1 Å². The van der Waals surface area contributed by atoms with E-state index in [4.69, 9.17) is 4.74 Å². The average Bonchev–Trinajstić information content (AvgIpc) is 2.91. The lowest BCUT2D eigenvalue weighted by Gasteiger charge is -2.26. The molecule has 1 amide bonds. The molecule has 3 nitrogen and oxygen atoms in total. The van der Waals surface area contributed by atoms with Gasteiger partial charge in [0.15, 0.2) is 0 Å². The zero-order chi connectivity index (χ0) is 11.5. The van der Waals surface area contributed by atoms with E-state index < -0.39 is 0 Å². The number of ether oxygens (including phenoxy) is 1. The fraction of sp³-hybridized carbons (Fsp3) is 0.923. The molecule has 92 valence electrons. The lowest BCUT2D eigenvalue weighted by molar-refractivity contribution is -0.133. The summed E-state index contributed by atoms with van der Waals surface area (Å²) in [6.45, 7) is 6.87. The van der Waals surface area contributed by atoms with E-state index in [1.54, 1.807) is 0 Å². The fourth-order valence-corrected chi connectivity index (χ4v) is 2.31. The lowest BCUT2D eigenvalue weighted by Crippen LogP contribution is -2.37. The average molecular weight is 225 g/mol. The van der Waals surface area contributed by atoms with Gasteiger partial charge in [0.2, 0.25) is 5.91 Å². The van der Waals surface area contributed by atoms with Crippen molar-refractivity contribution in [1.82, 2.24) is 4.90 Å². The van der Waals surface area contributed by atoms with Crippen molar-refractivity contribution in [3.05, 3.63) is 0 Å². The number of hydrogen-bond donors (Lipinski definition) is 0. The summed E-state index contributed by atoms with van der Waals surface area (Å²) in [4.78, 5) is 14.2. The molecule has 1 saturated heterocycles. The van der Waals surface area contributed by atoms with Crippen molar-refractivity contribution in [3.63, 3.8) is 0 Å². The Balaban J connectivity index is 1.86. The molecule has 1 aliphatic carbocycles. The van der Waals surface area contributed by atoms with E-state index >= 15 is 0 Å². The van der Waals surface area contributed by atoms with Crippen molar-refractivity contribution in [3.8, 4) is 0 Å². The topological polar surface area (TPSA) is 29.5 Å². The van der Waals surface area contributed by atoms with Crippen LogP contribution in [0, 0.1) is 11.8 Å². The molecule has 1 atom stereocenters. The highest BCUT2D eigenvalue weighted by Gasteiger charge is 2.34. The first kappa shape index (κ1) is 11.9.